The third-order valence-electron chi connectivity index (χ3n) is 4.96. The molecule has 2 unspecified atom stereocenters. The number of nitrogens with one attached hydrogen (secondary N) is 1. The molecule has 2 atom stereocenters. The predicted octanol–water partition coefficient (Wildman–Crippen LogP) is 4.28. The summed E-state index contributed by atoms with van der Waals surface area (Å²) in [5, 5.41) is 3.61. The maximum absolute atomic E-state index is 6.47. The van der Waals surface area contributed by atoms with Crippen molar-refractivity contribution >= 4 is 0 Å². The third kappa shape index (κ3) is 4.46. The van der Waals surface area contributed by atoms with E-state index in [2.05, 4.69) is 26.1 Å². The topological polar surface area (TPSA) is 21.3 Å². The van der Waals surface area contributed by atoms with Gasteiger partial charge >= 0.3 is 0 Å². The van der Waals surface area contributed by atoms with Gasteiger partial charge in [0.15, 0.2) is 0 Å². The fraction of sp³-hybridized carbons (Fsp3) is 1.00. The summed E-state index contributed by atoms with van der Waals surface area (Å²) < 4.78 is 6.47. The SMILES string of the molecule is CCCC(CNC(C)C)CC1CCC2(CCCC2)O1. The molecule has 0 aromatic heterocycles. The molecule has 2 heteroatoms. The van der Waals surface area contributed by atoms with Crippen molar-refractivity contribution in [2.45, 2.75) is 96.3 Å². The zero-order valence-electron chi connectivity index (χ0n) is 13.2. The average molecular weight is 267 g/mol. The molecule has 0 aromatic rings. The van der Waals surface area contributed by atoms with Gasteiger partial charge in [-0.2, -0.15) is 0 Å². The highest BCUT2D eigenvalue weighted by atomic mass is 16.5. The smallest absolute Gasteiger partial charge is 0.0687 e. The summed E-state index contributed by atoms with van der Waals surface area (Å²) in [4.78, 5) is 0. The van der Waals surface area contributed by atoms with E-state index in [-0.39, 0.29) is 0 Å². The van der Waals surface area contributed by atoms with Crippen molar-refractivity contribution in [2.24, 2.45) is 5.92 Å². The van der Waals surface area contributed by atoms with Crippen LogP contribution in [0.5, 0.6) is 0 Å². The first kappa shape index (κ1) is 15.3. The highest BCUT2D eigenvalue weighted by Gasteiger charge is 2.42. The maximum Gasteiger partial charge on any atom is 0.0687 e. The highest BCUT2D eigenvalue weighted by molar-refractivity contribution is 4.93. The summed E-state index contributed by atoms with van der Waals surface area (Å²) in [6.45, 7) is 7.94. The van der Waals surface area contributed by atoms with E-state index in [1.807, 2.05) is 0 Å². The fourth-order valence-corrected chi connectivity index (χ4v) is 3.93. The highest BCUT2D eigenvalue weighted by Crippen LogP contribution is 2.44. The maximum atomic E-state index is 6.47. The zero-order valence-corrected chi connectivity index (χ0v) is 13.2. The summed E-state index contributed by atoms with van der Waals surface area (Å²) >= 11 is 0. The Bertz CT molecular complexity index is 258. The molecular weight excluding hydrogens is 234 g/mol. The fourth-order valence-electron chi connectivity index (χ4n) is 3.93. The van der Waals surface area contributed by atoms with Crippen LogP contribution in [0.2, 0.25) is 0 Å². The molecule has 0 amide bonds. The second-order valence-electron chi connectivity index (χ2n) is 7.12. The van der Waals surface area contributed by atoms with E-state index < -0.39 is 0 Å². The van der Waals surface area contributed by atoms with Crippen molar-refractivity contribution < 1.29 is 4.74 Å². The molecule has 0 bridgehead atoms. The Hall–Kier alpha value is -0.0800. The molecule has 1 spiro atoms. The molecule has 0 aromatic carbocycles. The van der Waals surface area contributed by atoms with Crippen molar-refractivity contribution in [2.75, 3.05) is 6.54 Å². The van der Waals surface area contributed by atoms with Crippen molar-refractivity contribution in [1.29, 1.82) is 0 Å². The minimum absolute atomic E-state index is 0.312. The summed E-state index contributed by atoms with van der Waals surface area (Å²) in [6.07, 6.45) is 12.5. The lowest BCUT2D eigenvalue weighted by Crippen LogP contribution is -2.31. The van der Waals surface area contributed by atoms with Gasteiger partial charge < -0.3 is 10.1 Å². The van der Waals surface area contributed by atoms with Crippen LogP contribution >= 0.6 is 0 Å². The summed E-state index contributed by atoms with van der Waals surface area (Å²) in [5.74, 6) is 0.800. The Morgan fingerprint density at radius 1 is 1.21 bits per heavy atom. The monoisotopic (exact) mass is 267 g/mol. The molecule has 2 aliphatic rings. The standard InChI is InChI=1S/C17H33NO/c1-4-7-15(13-18-14(2)3)12-16-8-11-17(19-16)9-5-6-10-17/h14-16,18H,4-13H2,1-3H3. The lowest BCUT2D eigenvalue weighted by atomic mass is 9.93. The van der Waals surface area contributed by atoms with E-state index in [9.17, 15) is 0 Å². The molecule has 1 saturated heterocycles. The Morgan fingerprint density at radius 2 is 1.95 bits per heavy atom. The molecule has 1 heterocycles. The van der Waals surface area contributed by atoms with Gasteiger partial charge in [0.2, 0.25) is 0 Å². The van der Waals surface area contributed by atoms with E-state index in [1.165, 1.54) is 64.3 Å². The number of hydrogen-bond acceptors (Lipinski definition) is 2. The minimum Gasteiger partial charge on any atom is -0.372 e. The predicted molar refractivity (Wildman–Crippen MR) is 81.5 cm³/mol. The van der Waals surface area contributed by atoms with Crippen LogP contribution in [0.1, 0.15) is 78.6 Å². The Balaban J connectivity index is 1.77. The molecule has 1 N–H and O–H groups in total. The number of rotatable bonds is 7. The van der Waals surface area contributed by atoms with Gasteiger partial charge in [0, 0.05) is 6.04 Å². The van der Waals surface area contributed by atoms with Gasteiger partial charge in [0.25, 0.3) is 0 Å². The van der Waals surface area contributed by atoms with Gasteiger partial charge in [-0.25, -0.2) is 0 Å². The Morgan fingerprint density at radius 3 is 2.58 bits per heavy atom. The largest absolute Gasteiger partial charge is 0.372 e. The van der Waals surface area contributed by atoms with Crippen molar-refractivity contribution in [3.8, 4) is 0 Å². The summed E-state index contributed by atoms with van der Waals surface area (Å²) in [5.41, 5.74) is 0.312. The van der Waals surface area contributed by atoms with Gasteiger partial charge in [-0.3, -0.25) is 0 Å². The van der Waals surface area contributed by atoms with E-state index in [1.54, 1.807) is 0 Å². The second-order valence-corrected chi connectivity index (χ2v) is 7.12. The second kappa shape index (κ2) is 7.08. The Kier molecular flexibility index (Phi) is 5.70. The van der Waals surface area contributed by atoms with Crippen LogP contribution in [0, 0.1) is 5.92 Å². The lowest BCUT2D eigenvalue weighted by molar-refractivity contribution is -0.0445. The van der Waals surface area contributed by atoms with Crippen LogP contribution in [0.15, 0.2) is 0 Å². The molecule has 19 heavy (non-hydrogen) atoms. The van der Waals surface area contributed by atoms with Crippen LogP contribution in [-0.4, -0.2) is 24.3 Å². The van der Waals surface area contributed by atoms with Gasteiger partial charge in [-0.05, 0) is 51.0 Å². The molecule has 2 fully saturated rings. The quantitative estimate of drug-likeness (QED) is 0.743. The van der Waals surface area contributed by atoms with Gasteiger partial charge in [0.1, 0.15) is 0 Å². The summed E-state index contributed by atoms with van der Waals surface area (Å²) in [6, 6.07) is 0.602. The molecule has 112 valence electrons. The first-order valence-corrected chi connectivity index (χ1v) is 8.55. The first-order chi connectivity index (χ1) is 9.13. The van der Waals surface area contributed by atoms with Crippen molar-refractivity contribution in [3.05, 3.63) is 0 Å². The van der Waals surface area contributed by atoms with Crippen LogP contribution in [-0.2, 0) is 4.74 Å². The minimum atomic E-state index is 0.312. The first-order valence-electron chi connectivity index (χ1n) is 8.55. The van der Waals surface area contributed by atoms with E-state index in [0.717, 1.165) is 5.92 Å². The van der Waals surface area contributed by atoms with E-state index in [4.69, 9.17) is 4.74 Å². The normalized spacial score (nSPS) is 27.5. The number of ether oxygens (including phenoxy) is 1. The molecule has 2 rings (SSSR count). The summed E-state index contributed by atoms with van der Waals surface area (Å²) in [7, 11) is 0. The van der Waals surface area contributed by atoms with Gasteiger partial charge in [0.05, 0.1) is 11.7 Å². The Labute approximate surface area is 119 Å². The van der Waals surface area contributed by atoms with E-state index >= 15 is 0 Å². The molecule has 2 nitrogen and oxygen atoms in total. The third-order valence-corrected chi connectivity index (χ3v) is 4.96. The van der Waals surface area contributed by atoms with Crippen LogP contribution in [0.25, 0.3) is 0 Å². The van der Waals surface area contributed by atoms with Crippen LogP contribution in [0.3, 0.4) is 0 Å². The number of hydrogen-bond donors (Lipinski definition) is 1. The molecule has 1 saturated carbocycles. The molecule has 0 radical (unpaired) electrons. The van der Waals surface area contributed by atoms with Crippen molar-refractivity contribution in [1.82, 2.24) is 5.32 Å². The van der Waals surface area contributed by atoms with E-state index in [0.29, 0.717) is 17.7 Å². The average Bonchev–Trinajstić information content (AvgIpc) is 2.98. The zero-order chi connectivity index (χ0) is 13.7. The molecule has 1 aliphatic heterocycles. The molecular formula is C17H33NO. The molecule has 1 aliphatic carbocycles. The van der Waals surface area contributed by atoms with Crippen LogP contribution in [0.4, 0.5) is 0 Å². The van der Waals surface area contributed by atoms with Crippen molar-refractivity contribution in [3.63, 3.8) is 0 Å². The van der Waals surface area contributed by atoms with Crippen LogP contribution < -0.4 is 5.32 Å². The van der Waals surface area contributed by atoms with Gasteiger partial charge in [-0.15, -0.1) is 0 Å². The lowest BCUT2D eigenvalue weighted by Gasteiger charge is -2.26. The van der Waals surface area contributed by atoms with Gasteiger partial charge in [-0.1, -0.05) is 40.0 Å².